The molecule has 8 nitrogen and oxygen atoms in total. The van der Waals surface area contributed by atoms with E-state index >= 15 is 0 Å². The Morgan fingerprint density at radius 2 is 1.64 bits per heavy atom. The highest BCUT2D eigenvalue weighted by Crippen LogP contribution is 2.46. The number of nitrogens with two attached hydrogens (primary N) is 1. The van der Waals surface area contributed by atoms with Gasteiger partial charge >= 0.3 is 0 Å². The molecule has 0 bridgehead atoms. The van der Waals surface area contributed by atoms with E-state index in [1.165, 1.54) is 7.11 Å². The normalized spacial score (nSPS) is 13.6. The minimum absolute atomic E-state index is 0. The van der Waals surface area contributed by atoms with Crippen LogP contribution in [0.1, 0.15) is 50.8 Å². The number of hydrogen-bond acceptors (Lipinski definition) is 7. The number of carbonyl (C=O) groups excluding carboxylic acids is 2. The Morgan fingerprint density at radius 3 is 2.22 bits per heavy atom. The summed E-state index contributed by atoms with van der Waals surface area (Å²) in [5, 5.41) is 2.89. The molecule has 1 amide bonds. The van der Waals surface area contributed by atoms with E-state index in [2.05, 4.69) is 5.32 Å². The zero-order valence-electron chi connectivity index (χ0n) is 21.2. The molecule has 2 aromatic carbocycles. The Morgan fingerprint density at radius 1 is 0.972 bits per heavy atom. The molecule has 0 radical (unpaired) electrons. The highest BCUT2D eigenvalue weighted by atomic mass is 16.5. The molecule has 8 heteroatoms. The van der Waals surface area contributed by atoms with Crippen LogP contribution in [0.3, 0.4) is 0 Å². The van der Waals surface area contributed by atoms with E-state index in [1.54, 1.807) is 39.5 Å². The van der Waals surface area contributed by atoms with Gasteiger partial charge in [0, 0.05) is 12.0 Å². The van der Waals surface area contributed by atoms with Crippen molar-refractivity contribution in [2.45, 2.75) is 46.6 Å². The fourth-order valence-corrected chi connectivity index (χ4v) is 4.32. The van der Waals surface area contributed by atoms with E-state index in [1.807, 2.05) is 26.0 Å². The van der Waals surface area contributed by atoms with E-state index in [-0.39, 0.29) is 25.0 Å². The number of allylic oxidation sites excluding steroid dienone is 1. The largest absolute Gasteiger partial charge is 0.495 e. The topological polar surface area (TPSA) is 109 Å². The van der Waals surface area contributed by atoms with Crippen LogP contribution in [0.15, 0.2) is 30.3 Å². The highest BCUT2D eigenvalue weighted by Gasteiger charge is 2.26. The third-order valence-corrected chi connectivity index (χ3v) is 5.98. The molecule has 0 spiro atoms. The number of hydrogen-bond donors (Lipinski definition) is 2. The SMILES string of the molecule is C.COc1ccc(C2=CC(=O)CCc3c2cc(OC)c(OC)c3OC)cc1NC(=O)C(N)CC(C)C. The minimum Gasteiger partial charge on any atom is -0.495 e. The first-order valence-electron chi connectivity index (χ1n) is 11.6. The van der Waals surface area contributed by atoms with Crippen LogP contribution in [0.5, 0.6) is 23.0 Å². The maximum Gasteiger partial charge on any atom is 0.241 e. The van der Waals surface area contributed by atoms with E-state index in [9.17, 15) is 9.59 Å². The summed E-state index contributed by atoms with van der Waals surface area (Å²) in [6.07, 6.45) is 2.99. The lowest BCUT2D eigenvalue weighted by molar-refractivity contribution is -0.117. The number of benzene rings is 2. The Kier molecular flexibility index (Phi) is 9.93. The van der Waals surface area contributed by atoms with Crippen molar-refractivity contribution in [3.05, 3.63) is 47.0 Å². The van der Waals surface area contributed by atoms with Gasteiger partial charge in [-0.15, -0.1) is 0 Å². The summed E-state index contributed by atoms with van der Waals surface area (Å²) in [5.41, 5.74) is 9.61. The van der Waals surface area contributed by atoms with Crippen molar-refractivity contribution in [2.24, 2.45) is 11.7 Å². The van der Waals surface area contributed by atoms with Crippen molar-refractivity contribution in [1.82, 2.24) is 0 Å². The molecular formula is C28H38N2O6. The van der Waals surface area contributed by atoms with Gasteiger partial charge in [-0.25, -0.2) is 0 Å². The van der Waals surface area contributed by atoms with Gasteiger partial charge in [0.2, 0.25) is 11.7 Å². The number of ether oxygens (including phenoxy) is 4. The predicted molar refractivity (Wildman–Crippen MR) is 142 cm³/mol. The van der Waals surface area contributed by atoms with Crippen LogP contribution in [-0.2, 0) is 16.0 Å². The number of nitrogens with one attached hydrogen (secondary N) is 1. The summed E-state index contributed by atoms with van der Waals surface area (Å²) in [5.74, 6) is 1.96. The average molecular weight is 499 g/mol. The van der Waals surface area contributed by atoms with E-state index in [0.717, 1.165) is 16.7 Å². The highest BCUT2D eigenvalue weighted by molar-refractivity contribution is 6.04. The maximum absolute atomic E-state index is 12.7. The first-order valence-corrected chi connectivity index (χ1v) is 11.6. The molecule has 0 saturated carbocycles. The van der Waals surface area contributed by atoms with Crippen LogP contribution in [0, 0.1) is 5.92 Å². The quantitative estimate of drug-likeness (QED) is 0.519. The fraction of sp³-hybridized carbons (Fsp3) is 0.429. The Balaban J connectivity index is 0.00000456. The number of ketones is 1. The van der Waals surface area contributed by atoms with Crippen LogP contribution in [0.25, 0.3) is 5.57 Å². The van der Waals surface area contributed by atoms with Gasteiger partial charge in [0.05, 0.1) is 40.2 Å². The molecular weight excluding hydrogens is 460 g/mol. The molecule has 1 aliphatic rings. The van der Waals surface area contributed by atoms with E-state index < -0.39 is 6.04 Å². The first-order chi connectivity index (χ1) is 16.7. The minimum atomic E-state index is -0.649. The lowest BCUT2D eigenvalue weighted by Gasteiger charge is -2.21. The first kappa shape index (κ1) is 28.7. The van der Waals surface area contributed by atoms with E-state index in [4.69, 9.17) is 24.7 Å². The standard InChI is InChI=1S/C27H34N2O6.CH4/c1-15(2)11-21(28)27(31)29-22-12-16(7-10-23(22)32-3)19-13-17(30)8-9-18-20(19)14-24(33-4)26(35-6)25(18)34-5;/h7,10,12-15,21H,8-9,11,28H2,1-6H3,(H,29,31);1H4. The zero-order valence-corrected chi connectivity index (χ0v) is 21.2. The molecule has 1 aliphatic carbocycles. The average Bonchev–Trinajstić information content (AvgIpc) is 3.00. The molecule has 3 rings (SSSR count). The summed E-state index contributed by atoms with van der Waals surface area (Å²) in [6.45, 7) is 4.03. The molecule has 196 valence electrons. The molecule has 2 aromatic rings. The van der Waals surface area contributed by atoms with Crippen LogP contribution in [0.4, 0.5) is 5.69 Å². The molecule has 0 saturated heterocycles. The van der Waals surface area contributed by atoms with Gasteiger partial charge in [-0.3, -0.25) is 9.59 Å². The predicted octanol–water partition coefficient (Wildman–Crippen LogP) is 4.62. The Hall–Kier alpha value is -3.52. The second kappa shape index (κ2) is 12.4. The smallest absolute Gasteiger partial charge is 0.241 e. The lowest BCUT2D eigenvalue weighted by Crippen LogP contribution is -2.36. The van der Waals surface area contributed by atoms with Gasteiger partial charge in [-0.2, -0.15) is 0 Å². The maximum atomic E-state index is 12.7. The number of fused-ring (bicyclic) bond motifs is 1. The Bertz CT molecular complexity index is 1140. The van der Waals surface area contributed by atoms with Crippen LogP contribution in [0.2, 0.25) is 0 Å². The molecule has 0 fully saturated rings. The van der Waals surface area contributed by atoms with Gasteiger partial charge in [-0.05, 0) is 59.7 Å². The van der Waals surface area contributed by atoms with Gasteiger partial charge in [0.1, 0.15) is 5.75 Å². The molecule has 3 N–H and O–H groups in total. The lowest BCUT2D eigenvalue weighted by atomic mass is 9.92. The monoisotopic (exact) mass is 498 g/mol. The molecule has 0 aliphatic heterocycles. The summed E-state index contributed by atoms with van der Waals surface area (Å²) in [7, 11) is 6.20. The number of rotatable bonds is 9. The van der Waals surface area contributed by atoms with Crippen molar-refractivity contribution in [1.29, 1.82) is 0 Å². The van der Waals surface area contributed by atoms with E-state index in [0.29, 0.717) is 53.5 Å². The molecule has 1 atom stereocenters. The summed E-state index contributed by atoms with van der Waals surface area (Å²) >= 11 is 0. The van der Waals surface area contributed by atoms with Crippen LogP contribution in [-0.4, -0.2) is 46.2 Å². The third kappa shape index (κ3) is 5.99. The Labute approximate surface area is 213 Å². The van der Waals surface area contributed by atoms with Gasteiger partial charge in [-0.1, -0.05) is 27.3 Å². The number of methoxy groups -OCH3 is 4. The zero-order chi connectivity index (χ0) is 25.7. The van der Waals surface area contributed by atoms with Crippen molar-refractivity contribution >= 4 is 23.0 Å². The summed E-state index contributed by atoms with van der Waals surface area (Å²) in [4.78, 5) is 25.5. The van der Waals surface area contributed by atoms with Crippen molar-refractivity contribution < 1.29 is 28.5 Å². The molecule has 36 heavy (non-hydrogen) atoms. The molecule has 1 unspecified atom stereocenters. The second-order valence-corrected chi connectivity index (χ2v) is 8.84. The third-order valence-electron chi connectivity index (χ3n) is 5.98. The van der Waals surface area contributed by atoms with Crippen molar-refractivity contribution in [2.75, 3.05) is 33.8 Å². The van der Waals surface area contributed by atoms with Crippen molar-refractivity contribution in [3.63, 3.8) is 0 Å². The van der Waals surface area contributed by atoms with Gasteiger partial charge in [0.25, 0.3) is 0 Å². The second-order valence-electron chi connectivity index (χ2n) is 8.84. The molecule has 0 heterocycles. The number of carbonyl (C=O) groups is 2. The summed E-state index contributed by atoms with van der Waals surface area (Å²) < 4.78 is 22.3. The molecule has 0 aromatic heterocycles. The number of anilines is 1. The fourth-order valence-electron chi connectivity index (χ4n) is 4.32. The van der Waals surface area contributed by atoms with Crippen molar-refractivity contribution in [3.8, 4) is 23.0 Å². The van der Waals surface area contributed by atoms with Gasteiger partial charge in [0.15, 0.2) is 17.3 Å². The van der Waals surface area contributed by atoms with Gasteiger partial charge < -0.3 is 30.0 Å². The summed E-state index contributed by atoms with van der Waals surface area (Å²) in [6, 6.07) is 6.59. The van der Waals surface area contributed by atoms with Crippen LogP contribution >= 0.6 is 0 Å². The number of amides is 1. The van der Waals surface area contributed by atoms with Crippen LogP contribution < -0.4 is 30.0 Å².